The Morgan fingerprint density at radius 2 is 2.16 bits per heavy atom. The van der Waals surface area contributed by atoms with Gasteiger partial charge in [0.15, 0.2) is 0 Å². The fourth-order valence-corrected chi connectivity index (χ4v) is 3.07. The van der Waals surface area contributed by atoms with E-state index in [2.05, 4.69) is 20.7 Å². The van der Waals surface area contributed by atoms with Gasteiger partial charge >= 0.3 is 5.97 Å². The van der Waals surface area contributed by atoms with Crippen LogP contribution in [-0.2, 0) is 14.8 Å². The molecule has 0 radical (unpaired) electrons. The van der Waals surface area contributed by atoms with Gasteiger partial charge in [0.25, 0.3) is 0 Å². The first-order valence-electron chi connectivity index (χ1n) is 5.34. The largest absolute Gasteiger partial charge is 0.496 e. The van der Waals surface area contributed by atoms with Crippen LogP contribution in [-0.4, -0.2) is 33.1 Å². The van der Waals surface area contributed by atoms with Gasteiger partial charge in [0.2, 0.25) is 10.0 Å². The molecule has 0 spiro atoms. The Balaban J connectivity index is 2.89. The molecule has 0 saturated carbocycles. The topological polar surface area (TPSA) is 92.7 Å². The van der Waals surface area contributed by atoms with Crippen molar-refractivity contribution in [2.45, 2.75) is 11.8 Å². The molecule has 1 unspecified atom stereocenters. The van der Waals surface area contributed by atoms with E-state index < -0.39 is 21.9 Å². The lowest BCUT2D eigenvalue weighted by Gasteiger charge is -2.10. The number of aliphatic carboxylic acids is 1. The van der Waals surface area contributed by atoms with Crippen molar-refractivity contribution in [2.24, 2.45) is 5.92 Å². The molecule has 1 aromatic carbocycles. The summed E-state index contributed by atoms with van der Waals surface area (Å²) < 4.78 is 31.6. The number of hydrogen-bond acceptors (Lipinski definition) is 4. The van der Waals surface area contributed by atoms with E-state index in [1.54, 1.807) is 0 Å². The van der Waals surface area contributed by atoms with E-state index in [9.17, 15) is 13.2 Å². The van der Waals surface area contributed by atoms with Crippen molar-refractivity contribution >= 4 is 31.9 Å². The van der Waals surface area contributed by atoms with Gasteiger partial charge in [-0.25, -0.2) is 13.1 Å². The quantitative estimate of drug-likeness (QED) is 0.809. The third kappa shape index (κ3) is 4.19. The highest BCUT2D eigenvalue weighted by Gasteiger charge is 2.19. The van der Waals surface area contributed by atoms with Gasteiger partial charge in [0, 0.05) is 6.54 Å². The predicted molar refractivity (Wildman–Crippen MR) is 72.7 cm³/mol. The van der Waals surface area contributed by atoms with Gasteiger partial charge in [-0.15, -0.1) is 0 Å². The third-order valence-electron chi connectivity index (χ3n) is 2.43. The van der Waals surface area contributed by atoms with Gasteiger partial charge in [-0.05, 0) is 34.1 Å². The molecule has 1 rings (SSSR count). The molecule has 6 nitrogen and oxygen atoms in total. The number of carboxylic acids is 1. The van der Waals surface area contributed by atoms with Crippen molar-refractivity contribution in [3.8, 4) is 5.75 Å². The average Bonchev–Trinajstić information content (AvgIpc) is 2.35. The van der Waals surface area contributed by atoms with Crippen molar-refractivity contribution < 1.29 is 23.1 Å². The van der Waals surface area contributed by atoms with Crippen LogP contribution in [0.15, 0.2) is 27.6 Å². The van der Waals surface area contributed by atoms with Crippen molar-refractivity contribution in [3.63, 3.8) is 0 Å². The number of carboxylic acid groups (broad SMARTS) is 1. The van der Waals surface area contributed by atoms with Gasteiger partial charge in [0.05, 0.1) is 22.4 Å². The van der Waals surface area contributed by atoms with E-state index >= 15 is 0 Å². The summed E-state index contributed by atoms with van der Waals surface area (Å²) in [7, 11) is -2.26. The summed E-state index contributed by atoms with van der Waals surface area (Å²) in [6.45, 7) is 1.26. The number of carbonyl (C=O) groups is 1. The lowest BCUT2D eigenvalue weighted by Crippen LogP contribution is -2.31. The number of sulfonamides is 1. The molecule has 19 heavy (non-hydrogen) atoms. The molecule has 0 fully saturated rings. The highest BCUT2D eigenvalue weighted by Crippen LogP contribution is 2.27. The predicted octanol–water partition coefficient (Wildman–Crippen LogP) is 1.46. The summed E-state index contributed by atoms with van der Waals surface area (Å²) in [6, 6.07) is 4.29. The first kappa shape index (κ1) is 15.9. The second kappa shape index (κ2) is 6.36. The molecule has 1 aromatic rings. The first-order valence-corrected chi connectivity index (χ1v) is 7.61. The number of rotatable bonds is 6. The smallest absolute Gasteiger partial charge is 0.307 e. The first-order chi connectivity index (χ1) is 8.77. The van der Waals surface area contributed by atoms with Crippen LogP contribution in [0, 0.1) is 5.92 Å². The summed E-state index contributed by atoms with van der Waals surface area (Å²) in [6.07, 6.45) is 0. The fourth-order valence-electron chi connectivity index (χ4n) is 1.22. The molecule has 0 saturated heterocycles. The zero-order valence-electron chi connectivity index (χ0n) is 10.4. The molecular formula is C11H14BrNO5S. The maximum Gasteiger partial charge on any atom is 0.307 e. The SMILES string of the molecule is COc1ccc(S(=O)(=O)NCC(C)C(=O)O)cc1Br. The molecule has 0 aliphatic carbocycles. The van der Waals surface area contributed by atoms with Gasteiger partial charge in [-0.1, -0.05) is 6.92 Å². The molecule has 0 aromatic heterocycles. The van der Waals surface area contributed by atoms with Crippen LogP contribution in [0.1, 0.15) is 6.92 Å². The molecule has 0 heterocycles. The van der Waals surface area contributed by atoms with Crippen molar-refractivity contribution in [2.75, 3.05) is 13.7 Å². The van der Waals surface area contributed by atoms with Crippen molar-refractivity contribution in [1.29, 1.82) is 0 Å². The fraction of sp³-hybridized carbons (Fsp3) is 0.364. The van der Waals surface area contributed by atoms with Crippen LogP contribution in [0.3, 0.4) is 0 Å². The van der Waals surface area contributed by atoms with E-state index in [0.29, 0.717) is 10.2 Å². The lowest BCUT2D eigenvalue weighted by molar-refractivity contribution is -0.140. The van der Waals surface area contributed by atoms with Crippen LogP contribution in [0.2, 0.25) is 0 Å². The minimum absolute atomic E-state index is 0.0396. The number of methoxy groups -OCH3 is 1. The Kier molecular flexibility index (Phi) is 5.33. The highest BCUT2D eigenvalue weighted by molar-refractivity contribution is 9.10. The van der Waals surface area contributed by atoms with E-state index in [-0.39, 0.29) is 11.4 Å². The number of hydrogen-bond donors (Lipinski definition) is 2. The van der Waals surface area contributed by atoms with Gasteiger partial charge in [-0.3, -0.25) is 4.79 Å². The average molecular weight is 352 g/mol. The van der Waals surface area contributed by atoms with E-state index in [4.69, 9.17) is 9.84 Å². The van der Waals surface area contributed by atoms with Crippen LogP contribution in [0.4, 0.5) is 0 Å². The molecular weight excluding hydrogens is 338 g/mol. The zero-order chi connectivity index (χ0) is 14.6. The molecule has 2 N–H and O–H groups in total. The van der Waals surface area contributed by atoms with Crippen LogP contribution in [0.25, 0.3) is 0 Å². The number of benzene rings is 1. The Morgan fingerprint density at radius 1 is 1.53 bits per heavy atom. The van der Waals surface area contributed by atoms with Crippen LogP contribution < -0.4 is 9.46 Å². The minimum atomic E-state index is -3.74. The molecule has 1 atom stereocenters. The van der Waals surface area contributed by atoms with Crippen molar-refractivity contribution in [3.05, 3.63) is 22.7 Å². The monoisotopic (exact) mass is 351 g/mol. The number of nitrogens with one attached hydrogen (secondary N) is 1. The van der Waals surface area contributed by atoms with E-state index in [1.165, 1.54) is 32.2 Å². The summed E-state index contributed by atoms with van der Waals surface area (Å²) in [5.74, 6) is -1.34. The number of halogens is 1. The summed E-state index contributed by atoms with van der Waals surface area (Å²) >= 11 is 3.19. The standard InChI is InChI=1S/C11H14BrNO5S/c1-7(11(14)15)6-13-19(16,17)8-3-4-10(18-2)9(12)5-8/h3-5,7,13H,6H2,1-2H3,(H,14,15). The normalized spacial score (nSPS) is 13.0. The van der Waals surface area contributed by atoms with E-state index in [0.717, 1.165) is 0 Å². The van der Waals surface area contributed by atoms with Crippen molar-refractivity contribution in [1.82, 2.24) is 4.72 Å². The maximum absolute atomic E-state index is 11.9. The third-order valence-corrected chi connectivity index (χ3v) is 4.48. The van der Waals surface area contributed by atoms with E-state index in [1.807, 2.05) is 0 Å². The lowest BCUT2D eigenvalue weighted by atomic mass is 10.2. The van der Waals surface area contributed by atoms with Gasteiger partial charge < -0.3 is 9.84 Å². The molecule has 0 amide bonds. The summed E-state index contributed by atoms with van der Waals surface area (Å²) in [5, 5.41) is 8.70. The summed E-state index contributed by atoms with van der Waals surface area (Å²) in [4.78, 5) is 10.7. The Labute approximate surface area is 120 Å². The van der Waals surface area contributed by atoms with Crippen LogP contribution >= 0.6 is 15.9 Å². The molecule has 0 bridgehead atoms. The molecule has 0 aliphatic rings. The Hall–Kier alpha value is -1.12. The second-order valence-electron chi connectivity index (χ2n) is 3.89. The highest BCUT2D eigenvalue weighted by atomic mass is 79.9. The number of ether oxygens (including phenoxy) is 1. The zero-order valence-corrected chi connectivity index (χ0v) is 12.8. The van der Waals surface area contributed by atoms with Gasteiger partial charge in [0.1, 0.15) is 5.75 Å². The summed E-state index contributed by atoms with van der Waals surface area (Å²) in [5.41, 5.74) is 0. The minimum Gasteiger partial charge on any atom is -0.496 e. The second-order valence-corrected chi connectivity index (χ2v) is 6.51. The molecule has 8 heteroatoms. The molecule has 106 valence electrons. The maximum atomic E-state index is 11.9. The van der Waals surface area contributed by atoms with Gasteiger partial charge in [-0.2, -0.15) is 0 Å². The Bertz CT molecular complexity index is 572. The molecule has 0 aliphatic heterocycles. The Morgan fingerprint density at radius 3 is 2.63 bits per heavy atom. The van der Waals surface area contributed by atoms with Crippen LogP contribution in [0.5, 0.6) is 5.75 Å².